The average molecular weight is 497 g/mol. The lowest BCUT2D eigenvalue weighted by molar-refractivity contribution is -0.254. The van der Waals surface area contributed by atoms with Gasteiger partial charge in [0.2, 0.25) is 0 Å². The number of hydrogen-bond donors (Lipinski definition) is 0. The van der Waals surface area contributed by atoms with Crippen LogP contribution >= 0.6 is 22.7 Å². The monoisotopic (exact) mass is 496 g/mol. The van der Waals surface area contributed by atoms with Crippen molar-refractivity contribution in [1.82, 2.24) is 0 Å². The Bertz CT molecular complexity index is 1320. The molecule has 0 nitrogen and oxygen atoms in total. The van der Waals surface area contributed by atoms with Crippen LogP contribution < -0.4 is 0 Å². The molecule has 0 saturated heterocycles. The minimum atomic E-state index is -5.55. The molecule has 2 aromatic heterocycles. The van der Waals surface area contributed by atoms with Crippen LogP contribution in [0.5, 0.6) is 0 Å². The summed E-state index contributed by atoms with van der Waals surface area (Å²) in [5.41, 5.74) is -1.71. The number of aryl methyl sites for hydroxylation is 2. The smallest absolute Gasteiger partial charge is 0.194 e. The fraction of sp³-hybridized carbons (Fsp3) is 0.280. The van der Waals surface area contributed by atoms with Crippen molar-refractivity contribution in [2.24, 2.45) is 0 Å². The number of fused-ring (bicyclic) bond motifs is 2. The maximum atomic E-state index is 15.4. The number of benzene rings is 2. The van der Waals surface area contributed by atoms with Crippen molar-refractivity contribution < 1.29 is 26.3 Å². The van der Waals surface area contributed by atoms with Gasteiger partial charge in [-0.3, -0.25) is 0 Å². The number of thiophene rings is 2. The highest BCUT2D eigenvalue weighted by atomic mass is 32.1. The van der Waals surface area contributed by atoms with Gasteiger partial charge < -0.3 is 0 Å². The van der Waals surface area contributed by atoms with Gasteiger partial charge >= 0.3 is 17.8 Å². The average Bonchev–Trinajstić information content (AvgIpc) is 3.36. The quantitative estimate of drug-likeness (QED) is 0.247. The third-order valence-corrected chi connectivity index (χ3v) is 8.69. The van der Waals surface area contributed by atoms with E-state index in [2.05, 4.69) is 0 Å². The number of alkyl halides is 6. The van der Waals surface area contributed by atoms with Crippen LogP contribution in [0.3, 0.4) is 0 Å². The lowest BCUT2D eigenvalue weighted by atomic mass is 9.96. The minimum Gasteiger partial charge on any atom is -0.194 e. The van der Waals surface area contributed by atoms with Crippen LogP contribution in [0.25, 0.3) is 31.3 Å². The van der Waals surface area contributed by atoms with Crippen molar-refractivity contribution in [2.45, 2.75) is 44.5 Å². The first-order valence-electron chi connectivity index (χ1n) is 10.5. The van der Waals surface area contributed by atoms with E-state index in [-0.39, 0.29) is 22.6 Å². The van der Waals surface area contributed by atoms with Crippen molar-refractivity contribution in [1.29, 1.82) is 0 Å². The summed E-state index contributed by atoms with van der Waals surface area (Å²) < 4.78 is 92.3. The number of halogens is 6. The fourth-order valence-corrected chi connectivity index (χ4v) is 7.40. The third-order valence-electron chi connectivity index (χ3n) is 6.22. The van der Waals surface area contributed by atoms with Gasteiger partial charge in [0.1, 0.15) is 0 Å². The van der Waals surface area contributed by atoms with E-state index in [1.807, 2.05) is 0 Å². The molecule has 0 saturated carbocycles. The second kappa shape index (κ2) is 7.34. The molecular formula is C25H18F6S2. The Labute approximate surface area is 194 Å². The van der Waals surface area contributed by atoms with Crippen molar-refractivity contribution in [3.05, 3.63) is 69.4 Å². The maximum absolute atomic E-state index is 15.4. The standard InChI is InChI=1S/C25H18F6S2/c1-3-13-15-9-5-7-11-17(15)32-21(13)19-20(24(28,29)25(30,31)23(19,26)27)22-14(4-2)16-10-6-8-12-18(16)33-22/h5-12H,3-4H2,1-2H3. The molecule has 1 aliphatic carbocycles. The van der Waals surface area contributed by atoms with E-state index in [1.165, 1.54) is 0 Å². The lowest BCUT2D eigenvalue weighted by Crippen LogP contribution is -2.48. The summed E-state index contributed by atoms with van der Waals surface area (Å²) in [6, 6.07) is 13.6. The fourth-order valence-electron chi connectivity index (χ4n) is 4.64. The predicted octanol–water partition coefficient (Wildman–Crippen LogP) is 9.07. The van der Waals surface area contributed by atoms with Crippen LogP contribution in [0.4, 0.5) is 26.3 Å². The van der Waals surface area contributed by atoms with Gasteiger partial charge in [-0.1, -0.05) is 50.2 Å². The number of hydrogen-bond acceptors (Lipinski definition) is 2. The molecule has 33 heavy (non-hydrogen) atoms. The van der Waals surface area contributed by atoms with Gasteiger partial charge in [-0.05, 0) is 46.9 Å². The summed E-state index contributed by atoms with van der Waals surface area (Å²) in [7, 11) is 0. The molecular weight excluding hydrogens is 478 g/mol. The Hall–Kier alpha value is -2.32. The van der Waals surface area contributed by atoms with Crippen LogP contribution in [-0.2, 0) is 12.8 Å². The van der Waals surface area contributed by atoms with Gasteiger partial charge in [0.15, 0.2) is 0 Å². The summed E-state index contributed by atoms with van der Waals surface area (Å²) >= 11 is 1.74. The number of allylic oxidation sites excluding steroid dienone is 2. The largest absolute Gasteiger partial charge is 0.380 e. The summed E-state index contributed by atoms with van der Waals surface area (Å²) in [6.07, 6.45) is 0.493. The van der Waals surface area contributed by atoms with Crippen LogP contribution in [0.2, 0.25) is 0 Å². The highest BCUT2D eigenvalue weighted by Crippen LogP contribution is 2.67. The first-order chi connectivity index (χ1) is 15.6. The zero-order valence-electron chi connectivity index (χ0n) is 17.6. The second-order valence-corrected chi connectivity index (χ2v) is 10.1. The first-order valence-corrected chi connectivity index (χ1v) is 12.1. The Morgan fingerprint density at radius 3 is 1.33 bits per heavy atom. The summed E-state index contributed by atoms with van der Waals surface area (Å²) in [4.78, 5) is -0.370. The van der Waals surface area contributed by atoms with E-state index in [0.717, 1.165) is 22.7 Å². The molecule has 0 fully saturated rings. The van der Waals surface area contributed by atoms with Crippen molar-refractivity contribution in [3.63, 3.8) is 0 Å². The lowest BCUT2D eigenvalue weighted by Gasteiger charge is -2.25. The second-order valence-electron chi connectivity index (χ2n) is 7.99. The molecule has 0 unspecified atom stereocenters. The van der Waals surface area contributed by atoms with Gasteiger partial charge in [0.25, 0.3) is 0 Å². The van der Waals surface area contributed by atoms with E-state index < -0.39 is 28.9 Å². The Morgan fingerprint density at radius 1 is 0.606 bits per heavy atom. The molecule has 0 bridgehead atoms. The molecule has 8 heteroatoms. The zero-order chi connectivity index (χ0) is 23.8. The van der Waals surface area contributed by atoms with Gasteiger partial charge in [0, 0.05) is 19.2 Å². The van der Waals surface area contributed by atoms with Crippen LogP contribution in [0, 0.1) is 0 Å². The third kappa shape index (κ3) is 2.83. The molecule has 2 heterocycles. The molecule has 0 spiro atoms. The molecule has 0 atom stereocenters. The van der Waals surface area contributed by atoms with Gasteiger partial charge in [-0.15, -0.1) is 22.7 Å². The molecule has 0 aliphatic heterocycles. The number of rotatable bonds is 4. The highest BCUT2D eigenvalue weighted by molar-refractivity contribution is 7.21. The van der Waals surface area contributed by atoms with Crippen molar-refractivity contribution >= 4 is 54.0 Å². The summed E-state index contributed by atoms with van der Waals surface area (Å²) in [5.74, 6) is -15.6. The van der Waals surface area contributed by atoms with Crippen LogP contribution in [0.15, 0.2) is 48.5 Å². The maximum Gasteiger partial charge on any atom is 0.380 e. The molecule has 172 valence electrons. The molecule has 5 rings (SSSR count). The van der Waals surface area contributed by atoms with E-state index in [1.54, 1.807) is 62.4 Å². The molecule has 2 aromatic carbocycles. The Morgan fingerprint density at radius 2 is 0.970 bits per heavy atom. The Balaban J connectivity index is 1.96. The molecule has 0 amide bonds. The van der Waals surface area contributed by atoms with Crippen LogP contribution in [0.1, 0.15) is 34.7 Å². The van der Waals surface area contributed by atoms with E-state index in [0.29, 0.717) is 31.3 Å². The normalized spacial score (nSPS) is 19.2. The SMILES string of the molecule is CCc1c(C2=C(c3sc4ccccc4c3CC)C(F)(F)C(F)(F)C2(F)F)sc2ccccc12. The van der Waals surface area contributed by atoms with E-state index in [4.69, 9.17) is 0 Å². The van der Waals surface area contributed by atoms with Gasteiger partial charge in [-0.25, -0.2) is 0 Å². The van der Waals surface area contributed by atoms with E-state index >= 15 is 17.6 Å². The van der Waals surface area contributed by atoms with E-state index in [9.17, 15) is 8.78 Å². The Kier molecular flexibility index (Phi) is 5.00. The highest BCUT2D eigenvalue weighted by Gasteiger charge is 2.80. The van der Waals surface area contributed by atoms with Crippen LogP contribution in [-0.4, -0.2) is 17.8 Å². The first kappa shape index (κ1) is 22.5. The summed E-state index contributed by atoms with van der Waals surface area (Å²) in [6.45, 7) is 3.41. The topological polar surface area (TPSA) is 0 Å². The predicted molar refractivity (Wildman–Crippen MR) is 124 cm³/mol. The summed E-state index contributed by atoms with van der Waals surface area (Å²) in [5, 5.41) is 1.24. The molecule has 0 radical (unpaired) electrons. The molecule has 1 aliphatic rings. The van der Waals surface area contributed by atoms with Gasteiger partial charge in [0.05, 0.1) is 11.1 Å². The minimum absolute atomic E-state index is 0.185. The molecule has 4 aromatic rings. The van der Waals surface area contributed by atoms with Gasteiger partial charge in [-0.2, -0.15) is 26.3 Å². The molecule has 0 N–H and O–H groups in total. The zero-order valence-corrected chi connectivity index (χ0v) is 19.3. The van der Waals surface area contributed by atoms with Crippen molar-refractivity contribution in [3.8, 4) is 0 Å². The van der Waals surface area contributed by atoms with Crippen molar-refractivity contribution in [2.75, 3.05) is 0 Å².